The first kappa shape index (κ1) is 66.9. The van der Waals surface area contributed by atoms with Crippen molar-refractivity contribution in [1.29, 1.82) is 0 Å². The molecule has 0 aliphatic carbocycles. The summed E-state index contributed by atoms with van der Waals surface area (Å²) in [4.78, 5) is 25.0. The monoisotopic (exact) mass is 1010 g/mol. The van der Waals surface area contributed by atoms with Crippen molar-refractivity contribution in [2.24, 2.45) is 0 Å². The van der Waals surface area contributed by atoms with Gasteiger partial charge in [-0.15, -0.1) is 0 Å². The van der Waals surface area contributed by atoms with Gasteiger partial charge in [0.25, 0.3) is 0 Å². The summed E-state index contributed by atoms with van der Waals surface area (Å²) in [7, 11) is 0. The number of unbranched alkanes of at least 4 members (excludes halogenated alkanes) is 33. The molecule has 0 aromatic rings. The van der Waals surface area contributed by atoms with Gasteiger partial charge in [0.15, 0.2) is 6.29 Å². The minimum Gasteiger partial charge on any atom is -0.465 e. The summed E-state index contributed by atoms with van der Waals surface area (Å²) in [5.41, 5.74) is 0. The van der Waals surface area contributed by atoms with Gasteiger partial charge in [0, 0.05) is 12.8 Å². The Morgan fingerprint density at radius 3 is 1.42 bits per heavy atom. The number of aliphatic hydroxyl groups excluding tert-OH is 5. The average molecular weight is 1010 g/mol. The van der Waals surface area contributed by atoms with Crippen LogP contribution in [0, 0.1) is 0 Å². The van der Waals surface area contributed by atoms with Crippen LogP contribution in [0.25, 0.3) is 0 Å². The molecule has 0 radical (unpaired) electrons. The lowest BCUT2D eigenvalue weighted by atomic mass is 9.99. The third kappa shape index (κ3) is 39.9. The molecule has 11 heteroatoms. The van der Waals surface area contributed by atoms with E-state index in [1.807, 2.05) is 6.08 Å². The Balaban J connectivity index is 2.08. The van der Waals surface area contributed by atoms with Gasteiger partial charge in [-0.3, -0.25) is 9.59 Å². The first-order chi connectivity index (χ1) is 34.7. The molecular weight excluding hydrogens is 895 g/mol. The number of nitrogens with one attached hydrogen (secondary N) is 1. The number of aliphatic hydroxyl groups is 5. The van der Waals surface area contributed by atoms with E-state index < -0.39 is 49.5 Å². The Bertz CT molecular complexity index is 1280. The molecule has 1 heterocycles. The summed E-state index contributed by atoms with van der Waals surface area (Å²) in [6, 6.07) is -0.813. The standard InChI is InChI=1S/C60H111NO10/c1-3-5-7-9-11-13-26-30-34-38-42-46-53(63)52(51-70-60-59(68)58(67)57(66)54(50-62)71-60)61-55(64)47-43-39-35-31-28-24-22-20-18-16-15-17-19-21-23-25-29-33-37-41-45-49-69-56(65)48-44-40-36-32-27-14-12-10-8-6-4-2/h25,29,37,41-42,46,52-54,57-60,62-63,66-68H,3-24,26-28,30-36,38-40,43-45,47-51H2,1-2H3,(H,61,64)/b29-25-,41-37-,46-42+. The molecule has 0 bridgehead atoms. The van der Waals surface area contributed by atoms with Gasteiger partial charge in [0.2, 0.25) is 5.91 Å². The zero-order valence-corrected chi connectivity index (χ0v) is 45.7. The lowest BCUT2D eigenvalue weighted by molar-refractivity contribution is -0.302. The van der Waals surface area contributed by atoms with E-state index in [1.54, 1.807) is 6.08 Å². The van der Waals surface area contributed by atoms with Gasteiger partial charge in [0.1, 0.15) is 24.4 Å². The zero-order valence-electron chi connectivity index (χ0n) is 45.7. The molecule has 7 unspecified atom stereocenters. The van der Waals surface area contributed by atoms with Gasteiger partial charge in [0.05, 0.1) is 32.0 Å². The molecule has 0 saturated carbocycles. The summed E-state index contributed by atoms with van der Waals surface area (Å²) in [6.45, 7) is 4.22. The SMILES string of the molecule is CCCCCCCCCCC/C=C/C(O)C(COC1OC(CO)C(O)C(O)C1O)NC(=O)CCCCCCCCCCCCCCCC/C=C\C/C=C\CCOC(=O)CCCCCCCCCCCCC. The predicted octanol–water partition coefficient (Wildman–Crippen LogP) is 13.5. The number of carbonyl (C=O) groups excluding carboxylic acids is 2. The van der Waals surface area contributed by atoms with E-state index in [0.29, 0.717) is 19.4 Å². The lowest BCUT2D eigenvalue weighted by Gasteiger charge is -2.40. The fraction of sp³-hybridized carbons (Fsp3) is 0.867. The summed E-state index contributed by atoms with van der Waals surface area (Å²) in [5, 5.41) is 54.3. The van der Waals surface area contributed by atoms with Crippen molar-refractivity contribution in [2.75, 3.05) is 19.8 Å². The number of allylic oxidation sites excluding steroid dienone is 4. The third-order valence-corrected chi connectivity index (χ3v) is 14.0. The van der Waals surface area contributed by atoms with E-state index in [4.69, 9.17) is 14.2 Å². The minimum absolute atomic E-state index is 0.0489. The number of ether oxygens (including phenoxy) is 3. The van der Waals surface area contributed by atoms with Crippen LogP contribution in [0.2, 0.25) is 0 Å². The van der Waals surface area contributed by atoms with Crippen LogP contribution in [-0.2, 0) is 23.8 Å². The van der Waals surface area contributed by atoms with Gasteiger partial charge >= 0.3 is 5.97 Å². The van der Waals surface area contributed by atoms with E-state index in [9.17, 15) is 35.1 Å². The number of amides is 1. The number of carbonyl (C=O) groups is 2. The van der Waals surface area contributed by atoms with E-state index in [2.05, 4.69) is 43.5 Å². The highest BCUT2D eigenvalue weighted by Crippen LogP contribution is 2.23. The van der Waals surface area contributed by atoms with Crippen LogP contribution in [-0.4, -0.2) is 100 Å². The molecular formula is C60H111NO10. The number of esters is 1. The topological polar surface area (TPSA) is 175 Å². The maximum atomic E-state index is 13.0. The molecule has 11 nitrogen and oxygen atoms in total. The van der Waals surface area contributed by atoms with Crippen LogP contribution >= 0.6 is 0 Å². The molecule has 71 heavy (non-hydrogen) atoms. The molecule has 416 valence electrons. The quantitative estimate of drug-likeness (QED) is 0.0195. The fourth-order valence-corrected chi connectivity index (χ4v) is 9.27. The molecule has 7 atom stereocenters. The Hall–Kier alpha value is -2.12. The van der Waals surface area contributed by atoms with Crippen molar-refractivity contribution in [3.63, 3.8) is 0 Å². The van der Waals surface area contributed by atoms with Gasteiger partial charge in [-0.2, -0.15) is 0 Å². The van der Waals surface area contributed by atoms with Crippen molar-refractivity contribution >= 4 is 11.9 Å². The van der Waals surface area contributed by atoms with Crippen LogP contribution in [0.3, 0.4) is 0 Å². The van der Waals surface area contributed by atoms with Crippen molar-refractivity contribution < 1.29 is 49.3 Å². The Kier molecular flexibility index (Phi) is 47.2. The van der Waals surface area contributed by atoms with E-state index in [0.717, 1.165) is 70.6 Å². The molecule has 0 aromatic heterocycles. The molecule has 1 aliphatic heterocycles. The van der Waals surface area contributed by atoms with E-state index >= 15 is 0 Å². The Morgan fingerprint density at radius 1 is 0.521 bits per heavy atom. The minimum atomic E-state index is -1.57. The van der Waals surface area contributed by atoms with Gasteiger partial charge in [-0.25, -0.2) is 0 Å². The van der Waals surface area contributed by atoms with Crippen molar-refractivity contribution in [3.8, 4) is 0 Å². The highest BCUT2D eigenvalue weighted by Gasteiger charge is 2.44. The molecule has 1 saturated heterocycles. The second-order valence-corrected chi connectivity index (χ2v) is 20.7. The average Bonchev–Trinajstić information content (AvgIpc) is 3.37. The first-order valence-corrected chi connectivity index (χ1v) is 29.8. The fourth-order valence-electron chi connectivity index (χ4n) is 9.27. The summed E-state index contributed by atoms with van der Waals surface area (Å²) >= 11 is 0. The van der Waals surface area contributed by atoms with Crippen LogP contribution in [0.1, 0.15) is 271 Å². The highest BCUT2D eigenvalue weighted by atomic mass is 16.7. The molecule has 1 rings (SSSR count). The van der Waals surface area contributed by atoms with Gasteiger partial charge in [-0.05, 0) is 51.4 Å². The summed E-state index contributed by atoms with van der Waals surface area (Å²) in [5.74, 6) is -0.236. The smallest absolute Gasteiger partial charge is 0.305 e. The number of rotatable bonds is 51. The number of hydrogen-bond donors (Lipinski definition) is 6. The van der Waals surface area contributed by atoms with Crippen molar-refractivity contribution in [3.05, 3.63) is 36.5 Å². The molecule has 1 fully saturated rings. The second-order valence-electron chi connectivity index (χ2n) is 20.7. The summed E-state index contributed by atoms with van der Waals surface area (Å²) in [6.07, 6.45) is 51.1. The van der Waals surface area contributed by atoms with Gasteiger partial charge < -0.3 is 45.1 Å². The Labute approximate surface area is 434 Å². The maximum Gasteiger partial charge on any atom is 0.305 e. The van der Waals surface area contributed by atoms with Crippen molar-refractivity contribution in [2.45, 2.75) is 314 Å². The van der Waals surface area contributed by atoms with Gasteiger partial charge in [-0.1, -0.05) is 243 Å². The third-order valence-electron chi connectivity index (χ3n) is 14.0. The van der Waals surface area contributed by atoms with Crippen LogP contribution < -0.4 is 5.32 Å². The first-order valence-electron chi connectivity index (χ1n) is 29.8. The normalized spacial score (nSPS) is 19.3. The molecule has 6 N–H and O–H groups in total. The van der Waals surface area contributed by atoms with Crippen LogP contribution in [0.15, 0.2) is 36.5 Å². The van der Waals surface area contributed by atoms with E-state index in [-0.39, 0.29) is 18.5 Å². The van der Waals surface area contributed by atoms with Crippen molar-refractivity contribution in [1.82, 2.24) is 5.32 Å². The second kappa shape index (κ2) is 50.1. The lowest BCUT2D eigenvalue weighted by Crippen LogP contribution is -2.60. The van der Waals surface area contributed by atoms with Crippen LogP contribution in [0.4, 0.5) is 0 Å². The van der Waals surface area contributed by atoms with Crippen LogP contribution in [0.5, 0.6) is 0 Å². The zero-order chi connectivity index (χ0) is 51.7. The molecule has 0 aromatic carbocycles. The highest BCUT2D eigenvalue weighted by molar-refractivity contribution is 5.76. The maximum absolute atomic E-state index is 13.0. The number of hydrogen-bond acceptors (Lipinski definition) is 10. The molecule has 1 aliphatic rings. The predicted molar refractivity (Wildman–Crippen MR) is 292 cm³/mol. The van der Waals surface area contributed by atoms with E-state index in [1.165, 1.54) is 173 Å². The molecule has 0 spiro atoms. The molecule has 1 amide bonds. The summed E-state index contributed by atoms with van der Waals surface area (Å²) < 4.78 is 16.6. The largest absolute Gasteiger partial charge is 0.465 e. The Morgan fingerprint density at radius 2 is 0.944 bits per heavy atom.